The van der Waals surface area contributed by atoms with Crippen LogP contribution < -0.4 is 10.1 Å². The second kappa shape index (κ2) is 5.13. The Morgan fingerprint density at radius 3 is 2.83 bits per heavy atom. The number of rotatable bonds is 3. The highest BCUT2D eigenvalue weighted by molar-refractivity contribution is 5.54. The predicted octanol–water partition coefficient (Wildman–Crippen LogP) is 3.62. The average Bonchev–Trinajstić information content (AvgIpc) is 2.46. The van der Waals surface area contributed by atoms with Crippen LogP contribution in [0.2, 0.25) is 0 Å². The minimum Gasteiger partial charge on any atom is -0.489 e. The van der Waals surface area contributed by atoms with Gasteiger partial charge in [-0.15, -0.1) is 0 Å². The molecule has 0 bridgehead atoms. The van der Waals surface area contributed by atoms with Gasteiger partial charge in [-0.25, -0.2) is 0 Å². The first-order chi connectivity index (χ1) is 8.92. The highest BCUT2D eigenvalue weighted by Gasteiger charge is 2.08. The number of benzene rings is 2. The summed E-state index contributed by atoms with van der Waals surface area (Å²) in [7, 11) is 0. The fourth-order valence-electron chi connectivity index (χ4n) is 2.28. The first-order valence-electron chi connectivity index (χ1n) is 6.45. The van der Waals surface area contributed by atoms with Gasteiger partial charge in [0.05, 0.1) is 0 Å². The third-order valence-corrected chi connectivity index (χ3v) is 3.26. The van der Waals surface area contributed by atoms with Crippen LogP contribution in [0.4, 0.5) is 5.69 Å². The molecule has 2 aromatic carbocycles. The molecular formula is C16H17NO. The number of hydrogen-bond acceptors (Lipinski definition) is 2. The molecule has 1 aliphatic rings. The van der Waals surface area contributed by atoms with Crippen LogP contribution in [-0.2, 0) is 13.0 Å². The number of nitrogens with one attached hydrogen (secondary N) is 1. The lowest BCUT2D eigenvalue weighted by atomic mass is 10.0. The molecule has 18 heavy (non-hydrogen) atoms. The van der Waals surface area contributed by atoms with Crippen LogP contribution in [0, 0.1) is 0 Å². The van der Waals surface area contributed by atoms with Crippen molar-refractivity contribution in [2.75, 3.05) is 11.9 Å². The highest BCUT2D eigenvalue weighted by atomic mass is 16.5. The molecule has 1 N–H and O–H groups in total. The van der Waals surface area contributed by atoms with Crippen LogP contribution in [-0.4, -0.2) is 6.54 Å². The van der Waals surface area contributed by atoms with E-state index < -0.39 is 0 Å². The Morgan fingerprint density at radius 1 is 1.06 bits per heavy atom. The van der Waals surface area contributed by atoms with Crippen molar-refractivity contribution in [2.45, 2.75) is 19.4 Å². The van der Waals surface area contributed by atoms with Gasteiger partial charge in [0.25, 0.3) is 0 Å². The summed E-state index contributed by atoms with van der Waals surface area (Å²) in [5.41, 5.74) is 3.91. The van der Waals surface area contributed by atoms with Crippen LogP contribution in [0.5, 0.6) is 5.75 Å². The molecule has 2 heteroatoms. The third kappa shape index (κ3) is 2.48. The predicted molar refractivity (Wildman–Crippen MR) is 74.0 cm³/mol. The molecule has 2 aromatic rings. The highest BCUT2D eigenvalue weighted by Crippen LogP contribution is 2.23. The van der Waals surface area contributed by atoms with Gasteiger partial charge in [-0.05, 0) is 42.2 Å². The van der Waals surface area contributed by atoms with E-state index in [4.69, 9.17) is 4.74 Å². The molecule has 0 saturated carbocycles. The van der Waals surface area contributed by atoms with Crippen molar-refractivity contribution in [3.63, 3.8) is 0 Å². The van der Waals surface area contributed by atoms with Gasteiger partial charge in [0, 0.05) is 12.2 Å². The summed E-state index contributed by atoms with van der Waals surface area (Å²) < 4.78 is 5.76. The zero-order valence-electron chi connectivity index (χ0n) is 10.4. The van der Waals surface area contributed by atoms with E-state index in [1.807, 2.05) is 30.3 Å². The van der Waals surface area contributed by atoms with E-state index >= 15 is 0 Å². The molecule has 0 atom stereocenters. The summed E-state index contributed by atoms with van der Waals surface area (Å²) in [6.45, 7) is 1.70. The summed E-state index contributed by atoms with van der Waals surface area (Å²) in [5, 5.41) is 3.45. The van der Waals surface area contributed by atoms with E-state index in [2.05, 4.69) is 23.5 Å². The topological polar surface area (TPSA) is 21.3 Å². The molecule has 2 nitrogen and oxygen atoms in total. The lowest BCUT2D eigenvalue weighted by Gasteiger charge is -2.18. The van der Waals surface area contributed by atoms with E-state index in [1.165, 1.54) is 29.7 Å². The number of hydrogen-bond donors (Lipinski definition) is 1. The fourth-order valence-corrected chi connectivity index (χ4v) is 2.28. The summed E-state index contributed by atoms with van der Waals surface area (Å²) in [6.07, 6.45) is 2.41. The SMILES string of the molecule is c1ccc(OCc2ccc3c(c2)NCCC3)cc1. The first kappa shape index (κ1) is 11.1. The molecule has 3 rings (SSSR count). The Morgan fingerprint density at radius 2 is 1.94 bits per heavy atom. The van der Waals surface area contributed by atoms with Crippen molar-refractivity contribution < 1.29 is 4.74 Å². The van der Waals surface area contributed by atoms with E-state index in [1.54, 1.807) is 0 Å². The summed E-state index contributed by atoms with van der Waals surface area (Å²) in [4.78, 5) is 0. The third-order valence-electron chi connectivity index (χ3n) is 3.26. The van der Waals surface area contributed by atoms with Crippen LogP contribution in [0.15, 0.2) is 48.5 Å². The molecule has 0 radical (unpaired) electrons. The van der Waals surface area contributed by atoms with Gasteiger partial charge in [0.2, 0.25) is 0 Å². The molecule has 0 spiro atoms. The van der Waals surface area contributed by atoms with E-state index in [0.29, 0.717) is 6.61 Å². The zero-order chi connectivity index (χ0) is 12.2. The van der Waals surface area contributed by atoms with Crippen LogP contribution in [0.1, 0.15) is 17.5 Å². The van der Waals surface area contributed by atoms with Crippen molar-refractivity contribution in [3.05, 3.63) is 59.7 Å². The standard InChI is InChI=1S/C16H17NO/c1-2-6-15(7-3-1)18-12-13-8-9-14-5-4-10-17-16(14)11-13/h1-3,6-9,11,17H,4-5,10,12H2. The second-order valence-corrected chi connectivity index (χ2v) is 4.62. The maximum absolute atomic E-state index is 5.76. The largest absolute Gasteiger partial charge is 0.489 e. The second-order valence-electron chi connectivity index (χ2n) is 4.62. The van der Waals surface area contributed by atoms with E-state index in [-0.39, 0.29) is 0 Å². The number of ether oxygens (including phenoxy) is 1. The Bertz CT molecular complexity index is 522. The molecule has 0 aliphatic carbocycles. The lowest BCUT2D eigenvalue weighted by Crippen LogP contribution is -2.12. The minimum atomic E-state index is 0.624. The van der Waals surface area contributed by atoms with Gasteiger partial charge >= 0.3 is 0 Å². The van der Waals surface area contributed by atoms with Crippen molar-refractivity contribution in [1.82, 2.24) is 0 Å². The average molecular weight is 239 g/mol. The number of fused-ring (bicyclic) bond motifs is 1. The Labute approximate surface area is 108 Å². The normalized spacial score (nSPS) is 13.6. The monoisotopic (exact) mass is 239 g/mol. The quantitative estimate of drug-likeness (QED) is 0.883. The Hall–Kier alpha value is -1.96. The van der Waals surface area contributed by atoms with Gasteiger partial charge in [-0.2, -0.15) is 0 Å². The first-order valence-corrected chi connectivity index (χ1v) is 6.45. The number of anilines is 1. The van der Waals surface area contributed by atoms with Gasteiger partial charge in [-0.1, -0.05) is 30.3 Å². The van der Waals surface area contributed by atoms with Crippen LogP contribution in [0.25, 0.3) is 0 Å². The van der Waals surface area contributed by atoms with Crippen molar-refractivity contribution in [3.8, 4) is 5.75 Å². The van der Waals surface area contributed by atoms with Crippen molar-refractivity contribution >= 4 is 5.69 Å². The molecular weight excluding hydrogens is 222 g/mol. The van der Waals surface area contributed by atoms with Crippen LogP contribution >= 0.6 is 0 Å². The van der Waals surface area contributed by atoms with Crippen LogP contribution in [0.3, 0.4) is 0 Å². The molecule has 0 fully saturated rings. The Balaban J connectivity index is 1.70. The van der Waals surface area contributed by atoms with Crippen molar-refractivity contribution in [1.29, 1.82) is 0 Å². The van der Waals surface area contributed by atoms with Gasteiger partial charge in [-0.3, -0.25) is 0 Å². The molecule has 0 saturated heterocycles. The van der Waals surface area contributed by atoms with E-state index in [0.717, 1.165) is 12.3 Å². The minimum absolute atomic E-state index is 0.624. The fraction of sp³-hybridized carbons (Fsp3) is 0.250. The maximum atomic E-state index is 5.76. The number of para-hydroxylation sites is 1. The zero-order valence-corrected chi connectivity index (χ0v) is 10.4. The molecule has 0 aromatic heterocycles. The lowest BCUT2D eigenvalue weighted by molar-refractivity contribution is 0.306. The van der Waals surface area contributed by atoms with E-state index in [9.17, 15) is 0 Å². The molecule has 0 unspecified atom stereocenters. The number of aryl methyl sites for hydroxylation is 1. The smallest absolute Gasteiger partial charge is 0.119 e. The molecule has 1 aliphatic heterocycles. The Kier molecular flexibility index (Phi) is 3.18. The van der Waals surface area contributed by atoms with Gasteiger partial charge in [0.15, 0.2) is 0 Å². The maximum Gasteiger partial charge on any atom is 0.119 e. The van der Waals surface area contributed by atoms with Gasteiger partial charge in [0.1, 0.15) is 12.4 Å². The van der Waals surface area contributed by atoms with Crippen molar-refractivity contribution in [2.24, 2.45) is 0 Å². The molecule has 92 valence electrons. The summed E-state index contributed by atoms with van der Waals surface area (Å²) in [6, 6.07) is 16.5. The summed E-state index contributed by atoms with van der Waals surface area (Å²) >= 11 is 0. The van der Waals surface area contributed by atoms with Gasteiger partial charge < -0.3 is 10.1 Å². The molecule has 1 heterocycles. The summed E-state index contributed by atoms with van der Waals surface area (Å²) in [5.74, 6) is 0.920. The molecule has 0 amide bonds.